The molecule has 1 aromatic rings. The van der Waals surface area contributed by atoms with Crippen molar-refractivity contribution in [3.05, 3.63) is 18.6 Å². The van der Waals surface area contributed by atoms with Crippen LogP contribution in [0.2, 0.25) is 0 Å². The average Bonchev–Trinajstić information content (AvgIpc) is 1.85. The van der Waals surface area contributed by atoms with E-state index < -0.39 is 7.75 Å². The van der Waals surface area contributed by atoms with Crippen molar-refractivity contribution in [3.8, 4) is 0 Å². The quantitative estimate of drug-likeness (QED) is 0.670. The van der Waals surface area contributed by atoms with Crippen LogP contribution in [0, 0.1) is 0 Å². The number of nitrogens with zero attached hydrogens (tertiary/aromatic N) is 2. The molecule has 1 rings (SSSR count). The van der Waals surface area contributed by atoms with E-state index in [9.17, 15) is 4.57 Å². The minimum atomic E-state index is -4.24. The molecule has 0 aliphatic heterocycles. The van der Waals surface area contributed by atoms with Gasteiger partial charge in [0.15, 0.2) is 5.82 Å². The largest absolute Gasteiger partial charge is 0.428 e. The van der Waals surface area contributed by atoms with Gasteiger partial charge in [-0.25, -0.2) is 9.55 Å². The van der Waals surface area contributed by atoms with Crippen molar-refractivity contribution in [3.63, 3.8) is 0 Å². The molecule has 0 aliphatic carbocycles. The highest BCUT2D eigenvalue weighted by Crippen LogP contribution is 2.33. The van der Waals surface area contributed by atoms with Crippen molar-refractivity contribution in [1.82, 2.24) is 9.97 Å². The fourth-order valence-corrected chi connectivity index (χ4v) is 0.920. The molecule has 0 amide bonds. The highest BCUT2D eigenvalue weighted by atomic mass is 35.5. The molecular weight excluding hydrogens is 240 g/mol. The number of rotatable bonds is 2. The Morgan fingerprint density at radius 3 is 2.31 bits per heavy atom. The van der Waals surface area contributed by atoms with Crippen LogP contribution in [-0.2, 0) is 4.57 Å². The number of aromatic nitrogens is 2. The fraction of sp³-hybridized carbons (Fsp3) is 0. The Morgan fingerprint density at radius 2 is 1.92 bits per heavy atom. The third-order valence-electron chi connectivity index (χ3n) is 0.823. The first-order valence-electron chi connectivity index (χ1n) is 2.68. The number of halogens is 2. The summed E-state index contributed by atoms with van der Waals surface area (Å²) >= 11 is 0. The van der Waals surface area contributed by atoms with Gasteiger partial charge < -0.3 is 9.79 Å². The zero-order chi connectivity index (χ0) is 8.32. The molecule has 6 nitrogen and oxygen atoms in total. The smallest absolute Gasteiger partial charge is 0.308 e. The summed E-state index contributed by atoms with van der Waals surface area (Å²) in [6, 6.07) is 0. The second-order valence-electron chi connectivity index (χ2n) is 1.75. The Hall–Kier alpha value is -0.390. The first-order chi connectivity index (χ1) is 5.08. The van der Waals surface area contributed by atoms with E-state index in [1.807, 2.05) is 5.09 Å². The van der Waals surface area contributed by atoms with Gasteiger partial charge in [0, 0.05) is 12.4 Å². The summed E-state index contributed by atoms with van der Waals surface area (Å²) in [5.74, 6) is 0.0563. The molecule has 0 aliphatic rings. The lowest BCUT2D eigenvalue weighted by Crippen LogP contribution is -1.96. The van der Waals surface area contributed by atoms with Crippen LogP contribution in [0.4, 0.5) is 5.82 Å². The van der Waals surface area contributed by atoms with E-state index >= 15 is 0 Å². The summed E-state index contributed by atoms with van der Waals surface area (Å²) in [4.78, 5) is 24.0. The first-order valence-corrected chi connectivity index (χ1v) is 4.29. The maximum absolute atomic E-state index is 10.3. The molecule has 9 heteroatoms. The lowest BCUT2D eigenvalue weighted by Gasteiger charge is -2.04. The third kappa shape index (κ3) is 6.74. The van der Waals surface area contributed by atoms with Gasteiger partial charge in [0.2, 0.25) is 0 Å². The summed E-state index contributed by atoms with van der Waals surface area (Å²) in [6.07, 6.45) is 3.96. The molecule has 0 atom stereocenters. The number of hydrogen-bond donors (Lipinski definition) is 3. The molecule has 3 N–H and O–H groups in total. The third-order valence-corrected chi connectivity index (χ3v) is 1.34. The van der Waals surface area contributed by atoms with Crippen LogP contribution < -0.4 is 5.09 Å². The standard InChI is InChI=1S/C4H6N3O3P.2ClH/c8-11(9,10)7-4-3-5-1-2-6-4;;/h1-3H,(H3,6,7,8,9,10);2*1H. The molecule has 0 unspecified atom stereocenters. The van der Waals surface area contributed by atoms with Crippen LogP contribution in [0.3, 0.4) is 0 Å². The summed E-state index contributed by atoms with van der Waals surface area (Å²) in [5.41, 5.74) is 0. The molecule has 1 heterocycles. The maximum Gasteiger partial charge on any atom is 0.428 e. The molecule has 0 saturated carbocycles. The molecule has 0 aromatic carbocycles. The zero-order valence-corrected chi connectivity index (χ0v) is 8.72. The molecule has 13 heavy (non-hydrogen) atoms. The summed E-state index contributed by atoms with van der Waals surface area (Å²) in [5, 5.41) is 1.87. The van der Waals surface area contributed by atoms with Gasteiger partial charge in [-0.1, -0.05) is 0 Å². The summed E-state index contributed by atoms with van der Waals surface area (Å²) in [7, 11) is -4.24. The zero-order valence-electron chi connectivity index (χ0n) is 6.19. The van der Waals surface area contributed by atoms with Crippen LogP contribution in [0.1, 0.15) is 0 Å². The van der Waals surface area contributed by atoms with Gasteiger partial charge in [-0.05, 0) is 0 Å². The second-order valence-corrected chi connectivity index (χ2v) is 3.06. The minimum Gasteiger partial charge on any atom is -0.308 e. The van der Waals surface area contributed by atoms with E-state index in [4.69, 9.17) is 9.79 Å². The van der Waals surface area contributed by atoms with Crippen LogP contribution in [-0.4, -0.2) is 19.8 Å². The van der Waals surface area contributed by atoms with Gasteiger partial charge in [-0.15, -0.1) is 24.8 Å². The fourth-order valence-electron chi connectivity index (χ4n) is 0.506. The molecular formula is C4H8Cl2N3O3P. The van der Waals surface area contributed by atoms with Gasteiger partial charge in [-0.2, -0.15) is 0 Å². The van der Waals surface area contributed by atoms with Gasteiger partial charge in [0.25, 0.3) is 0 Å². The SMILES string of the molecule is Cl.Cl.O=P(O)(O)Nc1cnccn1. The monoisotopic (exact) mass is 247 g/mol. The number of nitrogens with one attached hydrogen (secondary N) is 1. The van der Waals surface area contributed by atoms with Crippen molar-refractivity contribution in [1.29, 1.82) is 0 Å². The highest BCUT2D eigenvalue weighted by molar-refractivity contribution is 7.53. The highest BCUT2D eigenvalue weighted by Gasteiger charge is 2.12. The van der Waals surface area contributed by atoms with E-state index in [2.05, 4.69) is 9.97 Å². The Balaban J connectivity index is 0. The molecule has 0 fully saturated rings. The molecule has 0 spiro atoms. The van der Waals surface area contributed by atoms with Crippen LogP contribution in [0.15, 0.2) is 18.6 Å². The summed E-state index contributed by atoms with van der Waals surface area (Å²) < 4.78 is 10.3. The molecule has 1 aromatic heterocycles. The van der Waals surface area contributed by atoms with Gasteiger partial charge in [0.1, 0.15) is 0 Å². The minimum absolute atomic E-state index is 0. The van der Waals surface area contributed by atoms with Crippen LogP contribution in [0.5, 0.6) is 0 Å². The van der Waals surface area contributed by atoms with Crippen molar-refractivity contribution in [2.45, 2.75) is 0 Å². The summed E-state index contributed by atoms with van der Waals surface area (Å²) in [6.45, 7) is 0. The lowest BCUT2D eigenvalue weighted by atomic mass is 10.7. The number of anilines is 1. The van der Waals surface area contributed by atoms with E-state index in [0.717, 1.165) is 0 Å². The van der Waals surface area contributed by atoms with Gasteiger partial charge in [-0.3, -0.25) is 10.1 Å². The molecule has 0 radical (unpaired) electrons. The predicted octanol–water partition coefficient (Wildman–Crippen LogP) is 0.825. The van der Waals surface area contributed by atoms with Gasteiger partial charge >= 0.3 is 7.75 Å². The lowest BCUT2D eigenvalue weighted by molar-refractivity contribution is 0.380. The van der Waals surface area contributed by atoms with E-state index in [-0.39, 0.29) is 30.6 Å². The molecule has 0 bridgehead atoms. The molecule has 0 saturated heterocycles. The predicted molar refractivity (Wildman–Crippen MR) is 52.2 cm³/mol. The Bertz CT molecular complexity index is 279. The molecule has 76 valence electrons. The van der Waals surface area contributed by atoms with Crippen molar-refractivity contribution < 1.29 is 14.4 Å². The van der Waals surface area contributed by atoms with Crippen LogP contribution in [0.25, 0.3) is 0 Å². The van der Waals surface area contributed by atoms with Gasteiger partial charge in [0.05, 0.1) is 6.20 Å². The Labute approximate surface area is 86.8 Å². The van der Waals surface area contributed by atoms with Crippen molar-refractivity contribution >= 4 is 38.4 Å². The normalized spacial score (nSPS) is 9.38. The first kappa shape index (κ1) is 15.1. The van der Waals surface area contributed by atoms with E-state index in [1.54, 1.807) is 0 Å². The van der Waals surface area contributed by atoms with E-state index in [0.29, 0.717) is 0 Å². The Kier molecular flexibility index (Phi) is 7.11. The average molecular weight is 248 g/mol. The topological polar surface area (TPSA) is 95.3 Å². The van der Waals surface area contributed by atoms with Crippen molar-refractivity contribution in [2.75, 3.05) is 5.09 Å². The maximum atomic E-state index is 10.3. The second kappa shape index (κ2) is 6.12. The van der Waals surface area contributed by atoms with Crippen molar-refractivity contribution in [2.24, 2.45) is 0 Å². The van der Waals surface area contributed by atoms with E-state index in [1.165, 1.54) is 18.6 Å². The van der Waals surface area contributed by atoms with Crippen LogP contribution >= 0.6 is 32.6 Å². The Morgan fingerprint density at radius 1 is 1.31 bits per heavy atom. The number of hydrogen-bond acceptors (Lipinski definition) is 3.